The molecule has 2 N–H and O–H groups in total. The third-order valence-corrected chi connectivity index (χ3v) is 2.55. The maximum atomic E-state index is 13.3. The molecule has 0 unspecified atom stereocenters. The largest absolute Gasteiger partial charge is 0.396 e. The van der Waals surface area contributed by atoms with E-state index in [0.29, 0.717) is 17.6 Å². The average Bonchev–Trinajstić information content (AvgIpc) is 2.29. The fraction of sp³-hybridized carbons (Fsp3) is 0.385. The Kier molecular flexibility index (Phi) is 5.25. The van der Waals surface area contributed by atoms with Gasteiger partial charge in [-0.25, -0.2) is 8.78 Å². The maximum absolute atomic E-state index is 13.3. The van der Waals surface area contributed by atoms with Crippen molar-refractivity contribution in [2.24, 2.45) is 5.92 Å². The number of hydrogen-bond donors (Lipinski definition) is 2. The number of aliphatic hydroxyl groups excluding tert-OH is 2. The van der Waals surface area contributed by atoms with E-state index >= 15 is 0 Å². The first-order valence-corrected chi connectivity index (χ1v) is 5.39. The van der Waals surface area contributed by atoms with Gasteiger partial charge in [-0.2, -0.15) is 0 Å². The van der Waals surface area contributed by atoms with Crippen molar-refractivity contribution in [2.45, 2.75) is 12.8 Å². The molecule has 1 rings (SSSR count). The lowest BCUT2D eigenvalue weighted by Gasteiger charge is -2.13. The first-order valence-electron chi connectivity index (χ1n) is 5.39. The van der Waals surface area contributed by atoms with Crippen molar-refractivity contribution in [2.75, 3.05) is 13.2 Å². The van der Waals surface area contributed by atoms with Crippen molar-refractivity contribution >= 4 is 0 Å². The smallest absolute Gasteiger partial charge is 0.129 e. The van der Waals surface area contributed by atoms with Crippen LogP contribution in [0.5, 0.6) is 0 Å². The van der Waals surface area contributed by atoms with Gasteiger partial charge < -0.3 is 10.2 Å². The summed E-state index contributed by atoms with van der Waals surface area (Å²) < 4.78 is 26.0. The molecule has 17 heavy (non-hydrogen) atoms. The molecule has 0 amide bonds. The van der Waals surface area contributed by atoms with E-state index in [9.17, 15) is 8.78 Å². The zero-order valence-electron chi connectivity index (χ0n) is 9.50. The van der Waals surface area contributed by atoms with Crippen LogP contribution in [0.2, 0.25) is 0 Å². The predicted molar refractivity (Wildman–Crippen MR) is 61.5 cm³/mol. The van der Waals surface area contributed by atoms with E-state index in [1.165, 1.54) is 12.1 Å². The molecule has 0 aromatic heterocycles. The minimum atomic E-state index is -0.611. The van der Waals surface area contributed by atoms with Crippen LogP contribution >= 0.6 is 0 Å². The van der Waals surface area contributed by atoms with Gasteiger partial charge in [-0.15, -0.1) is 0 Å². The highest BCUT2D eigenvalue weighted by Crippen LogP contribution is 2.18. The van der Waals surface area contributed by atoms with Crippen LogP contribution in [0.4, 0.5) is 8.78 Å². The first kappa shape index (κ1) is 13.8. The minimum absolute atomic E-state index is 0.137. The Balaban J connectivity index is 2.62. The molecule has 0 heterocycles. The van der Waals surface area contributed by atoms with Crippen LogP contribution in [-0.2, 0) is 6.42 Å². The summed E-state index contributed by atoms with van der Waals surface area (Å²) in [4.78, 5) is 0. The van der Waals surface area contributed by atoms with Gasteiger partial charge in [-0.3, -0.25) is 0 Å². The van der Waals surface area contributed by atoms with Gasteiger partial charge in [0.1, 0.15) is 11.6 Å². The Bertz CT molecular complexity index is 387. The van der Waals surface area contributed by atoms with Crippen molar-refractivity contribution in [3.05, 3.63) is 47.5 Å². The lowest BCUT2D eigenvalue weighted by atomic mass is 9.96. The lowest BCUT2D eigenvalue weighted by Crippen LogP contribution is -2.12. The van der Waals surface area contributed by atoms with Crippen LogP contribution in [-0.4, -0.2) is 23.4 Å². The first-order chi connectivity index (χ1) is 8.06. The molecule has 0 spiro atoms. The number of allylic oxidation sites excluding steroid dienone is 1. The number of hydrogen-bond acceptors (Lipinski definition) is 2. The molecule has 0 aliphatic rings. The molecular formula is C13H16F2O2. The zero-order chi connectivity index (χ0) is 12.8. The van der Waals surface area contributed by atoms with E-state index in [4.69, 9.17) is 10.2 Å². The summed E-state index contributed by atoms with van der Waals surface area (Å²) in [6.07, 6.45) is 0.701. The summed E-state index contributed by atoms with van der Waals surface area (Å²) in [6.45, 7) is 3.49. The summed E-state index contributed by atoms with van der Waals surface area (Å²) >= 11 is 0. The van der Waals surface area contributed by atoms with E-state index in [0.717, 1.165) is 6.07 Å². The monoisotopic (exact) mass is 242 g/mol. The van der Waals surface area contributed by atoms with Crippen LogP contribution < -0.4 is 0 Å². The summed E-state index contributed by atoms with van der Waals surface area (Å²) in [7, 11) is 0. The summed E-state index contributed by atoms with van der Waals surface area (Å²) in [5.74, 6) is -1.48. The standard InChI is InChI=1S/C13H16F2O2/c1-9(4-10(7-16)8-17)5-11-2-3-12(14)6-13(11)15/h2-3,6,10,16-17H,1,4-5,7-8H2. The van der Waals surface area contributed by atoms with Crippen molar-refractivity contribution in [3.8, 4) is 0 Å². The van der Waals surface area contributed by atoms with Gasteiger partial charge in [0.05, 0.1) is 0 Å². The van der Waals surface area contributed by atoms with Crippen LogP contribution in [0.15, 0.2) is 30.4 Å². The van der Waals surface area contributed by atoms with Gasteiger partial charge >= 0.3 is 0 Å². The third kappa shape index (κ3) is 4.24. The normalized spacial score (nSPS) is 10.9. The molecule has 0 bridgehead atoms. The topological polar surface area (TPSA) is 40.5 Å². The van der Waals surface area contributed by atoms with E-state index in [1.54, 1.807) is 0 Å². The molecular weight excluding hydrogens is 226 g/mol. The third-order valence-electron chi connectivity index (χ3n) is 2.55. The molecule has 2 nitrogen and oxygen atoms in total. The number of benzene rings is 1. The van der Waals surface area contributed by atoms with Gasteiger partial charge in [0.15, 0.2) is 0 Å². The van der Waals surface area contributed by atoms with Gasteiger partial charge in [0.2, 0.25) is 0 Å². The van der Waals surface area contributed by atoms with Gasteiger partial charge in [0, 0.05) is 25.2 Å². The Morgan fingerprint density at radius 2 is 1.88 bits per heavy atom. The zero-order valence-corrected chi connectivity index (χ0v) is 9.50. The molecule has 0 radical (unpaired) electrons. The van der Waals surface area contributed by atoms with E-state index in [2.05, 4.69) is 6.58 Å². The SMILES string of the molecule is C=C(Cc1ccc(F)cc1F)CC(CO)CO. The van der Waals surface area contributed by atoms with Gasteiger partial charge in [-0.1, -0.05) is 18.2 Å². The average molecular weight is 242 g/mol. The highest BCUT2D eigenvalue weighted by Gasteiger charge is 2.10. The Morgan fingerprint density at radius 3 is 2.41 bits per heavy atom. The summed E-state index contributed by atoms with van der Waals surface area (Å²) in [6, 6.07) is 3.40. The number of halogens is 2. The molecule has 0 aliphatic carbocycles. The van der Waals surface area contributed by atoms with E-state index < -0.39 is 11.6 Å². The molecule has 1 aromatic rings. The molecule has 0 saturated heterocycles. The molecule has 1 aromatic carbocycles. The van der Waals surface area contributed by atoms with Crippen molar-refractivity contribution in [3.63, 3.8) is 0 Å². The molecule has 0 atom stereocenters. The van der Waals surface area contributed by atoms with Crippen LogP contribution in [0, 0.1) is 17.6 Å². The van der Waals surface area contributed by atoms with E-state index in [-0.39, 0.29) is 25.6 Å². The highest BCUT2D eigenvalue weighted by molar-refractivity contribution is 5.23. The number of rotatable bonds is 6. The van der Waals surface area contributed by atoms with Gasteiger partial charge in [-0.05, 0) is 24.5 Å². The predicted octanol–water partition coefficient (Wildman–Crippen LogP) is 2.05. The van der Waals surface area contributed by atoms with Crippen molar-refractivity contribution in [1.29, 1.82) is 0 Å². The second-order valence-electron chi connectivity index (χ2n) is 4.10. The van der Waals surface area contributed by atoms with Crippen LogP contribution in [0.1, 0.15) is 12.0 Å². The molecule has 0 aliphatic heterocycles. The number of aliphatic hydroxyl groups is 2. The maximum Gasteiger partial charge on any atom is 0.129 e. The molecule has 94 valence electrons. The Morgan fingerprint density at radius 1 is 1.24 bits per heavy atom. The summed E-state index contributed by atoms with van der Waals surface area (Å²) in [5.41, 5.74) is 1.06. The Labute approximate surface area is 99.2 Å². The minimum Gasteiger partial charge on any atom is -0.396 e. The van der Waals surface area contributed by atoms with Crippen molar-refractivity contribution < 1.29 is 19.0 Å². The fourth-order valence-corrected chi connectivity index (χ4v) is 1.60. The van der Waals surface area contributed by atoms with Crippen LogP contribution in [0.3, 0.4) is 0 Å². The Hall–Kier alpha value is -1.26. The molecule has 4 heteroatoms. The fourth-order valence-electron chi connectivity index (χ4n) is 1.60. The quantitative estimate of drug-likeness (QED) is 0.749. The van der Waals surface area contributed by atoms with E-state index in [1.807, 2.05) is 0 Å². The second-order valence-corrected chi connectivity index (χ2v) is 4.10. The second kappa shape index (κ2) is 6.47. The summed E-state index contributed by atoms with van der Waals surface area (Å²) in [5, 5.41) is 17.8. The van der Waals surface area contributed by atoms with Crippen LogP contribution in [0.25, 0.3) is 0 Å². The van der Waals surface area contributed by atoms with Crippen molar-refractivity contribution in [1.82, 2.24) is 0 Å². The van der Waals surface area contributed by atoms with Gasteiger partial charge in [0.25, 0.3) is 0 Å². The lowest BCUT2D eigenvalue weighted by molar-refractivity contribution is 0.149. The highest BCUT2D eigenvalue weighted by atomic mass is 19.1. The molecule has 0 fully saturated rings. The molecule has 0 saturated carbocycles.